The average Bonchev–Trinajstić information content (AvgIpc) is 3.02. The summed E-state index contributed by atoms with van der Waals surface area (Å²) >= 11 is 0. The Bertz CT molecular complexity index is 981. The van der Waals surface area contributed by atoms with Crippen LogP contribution in [0.1, 0.15) is 38.8 Å². The average molecular weight is 396 g/mol. The summed E-state index contributed by atoms with van der Waals surface area (Å²) in [6, 6.07) is 8.45. The molecule has 0 amide bonds. The van der Waals surface area contributed by atoms with E-state index in [2.05, 4.69) is 43.4 Å². The van der Waals surface area contributed by atoms with Crippen molar-refractivity contribution < 1.29 is 8.78 Å². The van der Waals surface area contributed by atoms with Crippen LogP contribution in [0.3, 0.4) is 0 Å². The molecule has 0 unspecified atom stereocenters. The second kappa shape index (κ2) is 11.2. The van der Waals surface area contributed by atoms with Gasteiger partial charge in [-0.25, -0.2) is 8.78 Å². The highest BCUT2D eigenvalue weighted by Gasteiger charge is 2.23. The zero-order chi connectivity index (χ0) is 22.0. The van der Waals surface area contributed by atoms with Crippen LogP contribution in [0.4, 0.5) is 8.78 Å². The van der Waals surface area contributed by atoms with E-state index >= 15 is 0 Å². The van der Waals surface area contributed by atoms with Crippen molar-refractivity contribution in [2.24, 2.45) is 0 Å². The lowest BCUT2D eigenvalue weighted by atomic mass is 10.0. The first kappa shape index (κ1) is 24.1. The molecule has 0 atom stereocenters. The van der Waals surface area contributed by atoms with Crippen molar-refractivity contribution in [3.63, 3.8) is 0 Å². The highest BCUT2D eigenvalue weighted by atomic mass is 19.3. The van der Waals surface area contributed by atoms with E-state index in [0.29, 0.717) is 0 Å². The van der Waals surface area contributed by atoms with Gasteiger partial charge in [-0.15, -0.1) is 0 Å². The van der Waals surface area contributed by atoms with Gasteiger partial charge in [0.15, 0.2) is 0 Å². The minimum Gasteiger partial charge on any atom is -0.321 e. The number of nitrogens with zero attached hydrogens (tertiary/aromatic N) is 1. The first-order valence-corrected chi connectivity index (χ1v) is 9.50. The van der Waals surface area contributed by atoms with E-state index in [0.717, 1.165) is 35.5 Å². The molecule has 3 heteroatoms. The van der Waals surface area contributed by atoms with Crippen LogP contribution < -0.4 is 10.6 Å². The van der Waals surface area contributed by atoms with Gasteiger partial charge in [-0.05, 0) is 50.1 Å². The van der Waals surface area contributed by atoms with Crippen LogP contribution in [0, 0.1) is 0 Å². The van der Waals surface area contributed by atoms with Gasteiger partial charge in [0.05, 0.1) is 0 Å². The second-order valence-corrected chi connectivity index (χ2v) is 7.02. The highest BCUT2D eigenvalue weighted by Crippen LogP contribution is 2.26. The Balaban J connectivity index is 0.000000291. The molecule has 0 aliphatic rings. The summed E-state index contributed by atoms with van der Waals surface area (Å²) in [6.45, 7) is 18.3. The monoisotopic (exact) mass is 395 g/mol. The zero-order valence-corrected chi connectivity index (χ0v) is 17.9. The number of allylic oxidation sites excluding steroid dienone is 6. The number of benzene rings is 1. The number of halogens is 2. The largest absolute Gasteiger partial charge is 0.321 e. The molecule has 0 N–H and O–H groups in total. The maximum absolute atomic E-state index is 12.8. The van der Waals surface area contributed by atoms with Crippen LogP contribution in [-0.4, -0.2) is 4.57 Å². The Hall–Kier alpha value is -2.94. The lowest BCUT2D eigenvalue weighted by Gasteiger charge is -2.10. The fourth-order valence-corrected chi connectivity index (χ4v) is 2.69. The van der Waals surface area contributed by atoms with E-state index in [9.17, 15) is 8.78 Å². The molecule has 0 fully saturated rings. The lowest BCUT2D eigenvalue weighted by molar-refractivity contribution is 0.0174. The van der Waals surface area contributed by atoms with E-state index in [1.165, 1.54) is 17.4 Å². The van der Waals surface area contributed by atoms with Crippen LogP contribution in [0.15, 0.2) is 79.6 Å². The third kappa shape index (κ3) is 7.90. The van der Waals surface area contributed by atoms with Gasteiger partial charge in [-0.3, -0.25) is 0 Å². The van der Waals surface area contributed by atoms with Crippen LogP contribution in [0.2, 0.25) is 0 Å². The molecular formula is C26H31F2N. The van der Waals surface area contributed by atoms with Crippen molar-refractivity contribution in [3.05, 3.63) is 101 Å². The van der Waals surface area contributed by atoms with E-state index in [1.54, 1.807) is 18.2 Å². The number of rotatable bonds is 6. The molecule has 0 spiro atoms. The fourth-order valence-electron chi connectivity index (χ4n) is 2.69. The highest BCUT2D eigenvalue weighted by molar-refractivity contribution is 5.47. The van der Waals surface area contributed by atoms with Gasteiger partial charge in [0.25, 0.3) is 5.92 Å². The minimum atomic E-state index is -2.75. The third-order valence-electron chi connectivity index (χ3n) is 4.27. The summed E-state index contributed by atoms with van der Waals surface area (Å²) < 4.78 is 27.7. The van der Waals surface area contributed by atoms with Crippen LogP contribution in [0.25, 0.3) is 18.4 Å². The van der Waals surface area contributed by atoms with Gasteiger partial charge < -0.3 is 4.57 Å². The van der Waals surface area contributed by atoms with E-state index in [1.807, 2.05) is 38.3 Å². The summed E-state index contributed by atoms with van der Waals surface area (Å²) in [7, 11) is 0. The molecule has 0 saturated carbocycles. The van der Waals surface area contributed by atoms with Gasteiger partial charge in [-0.2, -0.15) is 0 Å². The van der Waals surface area contributed by atoms with Crippen LogP contribution in [-0.2, 0) is 12.3 Å². The standard InChI is InChI=1S/C14H17N.C12H14F2/c1-5-7-8-9-12(3)15-11-10-14(6-2)13(15)4;1-9(2)8-10-4-6-11(7-5-10)12(3,13)14/h5-11H,1,4H2,2-3H3;4-7H,1,8H2,2-3H3/b8-7-,12-9+,14-6-;. The maximum atomic E-state index is 12.8. The molecule has 1 heterocycles. The zero-order valence-electron chi connectivity index (χ0n) is 17.9. The van der Waals surface area contributed by atoms with E-state index in [-0.39, 0.29) is 5.56 Å². The molecule has 154 valence electrons. The summed E-state index contributed by atoms with van der Waals surface area (Å²) in [6.07, 6.45) is 12.5. The second-order valence-electron chi connectivity index (χ2n) is 7.02. The van der Waals surface area contributed by atoms with Crippen molar-refractivity contribution in [1.29, 1.82) is 0 Å². The first-order valence-electron chi connectivity index (χ1n) is 9.50. The number of alkyl halides is 2. The van der Waals surface area contributed by atoms with Gasteiger partial charge in [0, 0.05) is 29.7 Å². The van der Waals surface area contributed by atoms with Gasteiger partial charge in [0.1, 0.15) is 0 Å². The molecule has 1 aromatic heterocycles. The molecule has 0 aliphatic carbocycles. The Morgan fingerprint density at radius 3 is 2.17 bits per heavy atom. The Kier molecular flexibility index (Phi) is 9.27. The minimum absolute atomic E-state index is 0.0583. The molecular weight excluding hydrogens is 364 g/mol. The molecule has 0 saturated heterocycles. The predicted molar refractivity (Wildman–Crippen MR) is 123 cm³/mol. The molecule has 29 heavy (non-hydrogen) atoms. The smallest absolute Gasteiger partial charge is 0.270 e. The van der Waals surface area contributed by atoms with Gasteiger partial charge in [0.2, 0.25) is 0 Å². The van der Waals surface area contributed by atoms with Crippen molar-refractivity contribution in [1.82, 2.24) is 4.57 Å². The quantitative estimate of drug-likeness (QED) is 0.404. The lowest BCUT2D eigenvalue weighted by Crippen LogP contribution is -2.25. The number of aromatic nitrogens is 1. The molecule has 2 rings (SSSR count). The molecule has 0 bridgehead atoms. The fraction of sp³-hybridized carbons (Fsp3) is 0.231. The SMILES string of the molecule is C=C(C)Cc1ccc(C(C)(F)F)cc1.C=C/C=C\C=C(/C)n1cc/c(=C/C)c1=C. The summed E-state index contributed by atoms with van der Waals surface area (Å²) in [5.41, 5.74) is 3.25. The third-order valence-corrected chi connectivity index (χ3v) is 4.27. The van der Waals surface area contributed by atoms with Crippen LogP contribution in [0.5, 0.6) is 0 Å². The Labute approximate surface area is 173 Å². The summed E-state index contributed by atoms with van der Waals surface area (Å²) in [5.74, 6) is -2.75. The summed E-state index contributed by atoms with van der Waals surface area (Å²) in [5, 5.41) is 2.20. The topological polar surface area (TPSA) is 4.93 Å². The van der Waals surface area contributed by atoms with Crippen molar-refractivity contribution in [3.8, 4) is 0 Å². The number of hydrogen-bond acceptors (Lipinski definition) is 0. The molecule has 2 aromatic rings. The Morgan fingerprint density at radius 1 is 1.10 bits per heavy atom. The molecule has 0 radical (unpaired) electrons. The predicted octanol–water partition coefficient (Wildman–Crippen LogP) is 6.22. The van der Waals surface area contributed by atoms with Crippen LogP contribution >= 0.6 is 0 Å². The number of hydrogen-bond donors (Lipinski definition) is 0. The van der Waals surface area contributed by atoms with Gasteiger partial charge in [-0.1, -0.05) is 73.9 Å². The van der Waals surface area contributed by atoms with Crippen molar-refractivity contribution >= 4 is 18.4 Å². The first-order chi connectivity index (χ1) is 13.6. The van der Waals surface area contributed by atoms with E-state index in [4.69, 9.17) is 0 Å². The normalized spacial score (nSPS) is 12.6. The summed E-state index contributed by atoms with van der Waals surface area (Å²) in [4.78, 5) is 0. The van der Waals surface area contributed by atoms with Crippen molar-refractivity contribution in [2.75, 3.05) is 0 Å². The van der Waals surface area contributed by atoms with Gasteiger partial charge >= 0.3 is 0 Å². The molecule has 1 nitrogen and oxygen atoms in total. The maximum Gasteiger partial charge on any atom is 0.270 e. The molecule has 1 aromatic carbocycles. The van der Waals surface area contributed by atoms with Crippen molar-refractivity contribution in [2.45, 2.75) is 40.0 Å². The Morgan fingerprint density at radius 2 is 1.72 bits per heavy atom. The molecule has 0 aliphatic heterocycles. The van der Waals surface area contributed by atoms with E-state index < -0.39 is 5.92 Å².